The van der Waals surface area contributed by atoms with Crippen LogP contribution in [0.25, 0.3) is 11.0 Å². The molecule has 1 aromatic carbocycles. The molecular formula is C18H28ClN3O. The number of aromatic nitrogens is 2. The normalized spacial score (nSPS) is 15.7. The third-order valence-corrected chi connectivity index (χ3v) is 4.44. The molecule has 0 radical (unpaired) electrons. The Bertz CT molecular complexity index is 593. The summed E-state index contributed by atoms with van der Waals surface area (Å²) in [6.07, 6.45) is 5.15. The van der Waals surface area contributed by atoms with E-state index in [2.05, 4.69) is 40.7 Å². The lowest BCUT2D eigenvalue weighted by molar-refractivity contribution is 0.0326. The first-order valence-corrected chi connectivity index (χ1v) is 8.62. The van der Waals surface area contributed by atoms with Gasteiger partial charge in [0, 0.05) is 19.6 Å². The molecule has 128 valence electrons. The number of fused-ring (bicyclic) bond motifs is 1. The molecule has 0 unspecified atom stereocenters. The lowest BCUT2D eigenvalue weighted by Crippen LogP contribution is -2.36. The Kier molecular flexibility index (Phi) is 7.34. The zero-order valence-electron chi connectivity index (χ0n) is 14.0. The zero-order valence-corrected chi connectivity index (χ0v) is 14.9. The first-order valence-electron chi connectivity index (χ1n) is 8.62. The van der Waals surface area contributed by atoms with Crippen LogP contribution in [0.15, 0.2) is 24.3 Å². The maximum atomic E-state index is 5.45. The highest BCUT2D eigenvalue weighted by Crippen LogP contribution is 2.19. The molecule has 5 heteroatoms. The highest BCUT2D eigenvalue weighted by molar-refractivity contribution is 5.85. The van der Waals surface area contributed by atoms with Gasteiger partial charge in [-0.2, -0.15) is 0 Å². The number of unbranched alkanes of at least 4 members (excludes halogenated alkanes) is 3. The number of imidazole rings is 1. The molecule has 4 nitrogen and oxygen atoms in total. The summed E-state index contributed by atoms with van der Waals surface area (Å²) in [5.41, 5.74) is 2.41. The van der Waals surface area contributed by atoms with E-state index in [-0.39, 0.29) is 12.4 Å². The summed E-state index contributed by atoms with van der Waals surface area (Å²) in [5.74, 6) is 1.21. The van der Waals surface area contributed by atoms with E-state index in [4.69, 9.17) is 9.72 Å². The van der Waals surface area contributed by atoms with E-state index in [0.717, 1.165) is 44.9 Å². The number of hydrogen-bond acceptors (Lipinski definition) is 3. The SMILES string of the molecule is CCCCCCn1c(CN2CCOCC2)nc2ccccc21.Cl. The second-order valence-corrected chi connectivity index (χ2v) is 6.12. The molecule has 1 aliphatic heterocycles. The average molecular weight is 338 g/mol. The van der Waals surface area contributed by atoms with Crippen LogP contribution in [0.1, 0.15) is 38.4 Å². The summed E-state index contributed by atoms with van der Waals surface area (Å²) in [5, 5.41) is 0. The molecule has 3 rings (SSSR count). The van der Waals surface area contributed by atoms with Gasteiger partial charge in [-0.25, -0.2) is 4.98 Å². The third kappa shape index (κ3) is 4.69. The Morgan fingerprint density at radius 1 is 1.09 bits per heavy atom. The number of nitrogens with zero attached hydrogens (tertiary/aromatic N) is 3. The largest absolute Gasteiger partial charge is 0.379 e. The average Bonchev–Trinajstić information content (AvgIpc) is 2.90. The minimum atomic E-state index is 0. The summed E-state index contributed by atoms with van der Waals surface area (Å²) in [4.78, 5) is 7.34. The molecule has 0 amide bonds. The number of ether oxygens (including phenoxy) is 1. The van der Waals surface area contributed by atoms with Crippen LogP contribution < -0.4 is 0 Å². The van der Waals surface area contributed by atoms with Crippen molar-refractivity contribution in [2.45, 2.75) is 45.7 Å². The molecule has 0 saturated carbocycles. The molecule has 1 aromatic heterocycles. The third-order valence-electron chi connectivity index (χ3n) is 4.44. The molecule has 0 aliphatic carbocycles. The van der Waals surface area contributed by atoms with E-state index in [1.807, 2.05) is 0 Å². The van der Waals surface area contributed by atoms with Gasteiger partial charge >= 0.3 is 0 Å². The van der Waals surface area contributed by atoms with Crippen LogP contribution in [0.3, 0.4) is 0 Å². The number of halogens is 1. The van der Waals surface area contributed by atoms with Gasteiger partial charge in [-0.3, -0.25) is 4.90 Å². The number of morpholine rings is 1. The number of rotatable bonds is 7. The summed E-state index contributed by atoms with van der Waals surface area (Å²) in [7, 11) is 0. The van der Waals surface area contributed by atoms with Crippen molar-refractivity contribution in [3.8, 4) is 0 Å². The topological polar surface area (TPSA) is 30.3 Å². The fourth-order valence-electron chi connectivity index (χ4n) is 3.15. The highest BCUT2D eigenvalue weighted by atomic mass is 35.5. The number of para-hydroxylation sites is 2. The molecule has 2 aromatic rings. The van der Waals surface area contributed by atoms with Gasteiger partial charge < -0.3 is 9.30 Å². The molecule has 23 heavy (non-hydrogen) atoms. The van der Waals surface area contributed by atoms with Crippen LogP contribution >= 0.6 is 12.4 Å². The highest BCUT2D eigenvalue weighted by Gasteiger charge is 2.16. The van der Waals surface area contributed by atoms with E-state index >= 15 is 0 Å². The Hall–Kier alpha value is -1.10. The second kappa shape index (κ2) is 9.26. The summed E-state index contributed by atoms with van der Waals surface area (Å²) >= 11 is 0. The molecule has 0 atom stereocenters. The van der Waals surface area contributed by atoms with Gasteiger partial charge in [-0.15, -0.1) is 12.4 Å². The summed E-state index contributed by atoms with van der Waals surface area (Å²) in [6.45, 7) is 7.99. The van der Waals surface area contributed by atoms with Crippen molar-refractivity contribution in [3.05, 3.63) is 30.1 Å². The van der Waals surface area contributed by atoms with Crippen LogP contribution in [0.4, 0.5) is 0 Å². The van der Waals surface area contributed by atoms with Gasteiger partial charge in [-0.05, 0) is 18.6 Å². The van der Waals surface area contributed by atoms with E-state index < -0.39 is 0 Å². The lowest BCUT2D eigenvalue weighted by Gasteiger charge is -2.26. The number of aryl methyl sites for hydroxylation is 1. The molecule has 1 saturated heterocycles. The van der Waals surface area contributed by atoms with Crippen molar-refractivity contribution in [1.29, 1.82) is 0 Å². The van der Waals surface area contributed by atoms with Crippen molar-refractivity contribution in [3.63, 3.8) is 0 Å². The minimum Gasteiger partial charge on any atom is -0.379 e. The van der Waals surface area contributed by atoms with Crippen molar-refractivity contribution in [2.24, 2.45) is 0 Å². The quantitative estimate of drug-likeness (QED) is 0.718. The van der Waals surface area contributed by atoms with Gasteiger partial charge in [0.2, 0.25) is 0 Å². The van der Waals surface area contributed by atoms with Gasteiger partial charge in [0.15, 0.2) is 0 Å². The van der Waals surface area contributed by atoms with Crippen molar-refractivity contribution in [1.82, 2.24) is 14.5 Å². The van der Waals surface area contributed by atoms with Gasteiger partial charge in [0.25, 0.3) is 0 Å². The van der Waals surface area contributed by atoms with Gasteiger partial charge in [0.05, 0.1) is 30.8 Å². The molecule has 2 heterocycles. The Balaban J connectivity index is 0.00000192. The molecule has 0 bridgehead atoms. The minimum absolute atomic E-state index is 0. The molecule has 1 aliphatic rings. The summed E-state index contributed by atoms with van der Waals surface area (Å²) in [6, 6.07) is 8.52. The zero-order chi connectivity index (χ0) is 15.2. The fraction of sp³-hybridized carbons (Fsp3) is 0.611. The van der Waals surface area contributed by atoms with Crippen LogP contribution in [-0.2, 0) is 17.8 Å². The van der Waals surface area contributed by atoms with Crippen LogP contribution in [-0.4, -0.2) is 40.8 Å². The second-order valence-electron chi connectivity index (χ2n) is 6.12. The molecular weight excluding hydrogens is 310 g/mol. The Morgan fingerprint density at radius 3 is 2.65 bits per heavy atom. The Labute approximate surface area is 145 Å². The summed E-state index contributed by atoms with van der Waals surface area (Å²) < 4.78 is 7.88. The van der Waals surface area contributed by atoms with E-state index in [1.54, 1.807) is 0 Å². The monoisotopic (exact) mass is 337 g/mol. The standard InChI is InChI=1S/C18H27N3O.ClH/c1-2-3-4-7-10-21-17-9-6-5-8-16(17)19-18(21)15-20-11-13-22-14-12-20;/h5-6,8-9H,2-4,7,10-15H2,1H3;1H. The first kappa shape index (κ1) is 18.2. The molecule has 0 N–H and O–H groups in total. The van der Waals surface area contributed by atoms with Crippen molar-refractivity contribution >= 4 is 23.4 Å². The fourth-order valence-corrected chi connectivity index (χ4v) is 3.15. The maximum Gasteiger partial charge on any atom is 0.124 e. The van der Waals surface area contributed by atoms with E-state index in [0.29, 0.717) is 0 Å². The van der Waals surface area contributed by atoms with E-state index in [9.17, 15) is 0 Å². The van der Waals surface area contributed by atoms with Gasteiger partial charge in [-0.1, -0.05) is 38.3 Å². The Morgan fingerprint density at radius 2 is 1.87 bits per heavy atom. The number of hydrogen-bond donors (Lipinski definition) is 0. The smallest absolute Gasteiger partial charge is 0.124 e. The number of benzene rings is 1. The maximum absolute atomic E-state index is 5.45. The van der Waals surface area contributed by atoms with Crippen LogP contribution in [0.5, 0.6) is 0 Å². The van der Waals surface area contributed by atoms with Crippen LogP contribution in [0, 0.1) is 0 Å². The van der Waals surface area contributed by atoms with Crippen molar-refractivity contribution < 1.29 is 4.74 Å². The predicted molar refractivity (Wildman–Crippen MR) is 97.2 cm³/mol. The molecule has 0 spiro atoms. The molecule has 1 fully saturated rings. The first-order chi connectivity index (χ1) is 10.9. The van der Waals surface area contributed by atoms with Crippen molar-refractivity contribution in [2.75, 3.05) is 26.3 Å². The van der Waals surface area contributed by atoms with E-state index in [1.165, 1.54) is 37.0 Å². The lowest BCUT2D eigenvalue weighted by atomic mass is 10.2. The predicted octanol–water partition coefficient (Wildman–Crippen LogP) is 3.87. The van der Waals surface area contributed by atoms with Crippen LogP contribution in [0.2, 0.25) is 0 Å². The van der Waals surface area contributed by atoms with Gasteiger partial charge in [0.1, 0.15) is 5.82 Å².